The molecule has 0 unspecified atom stereocenters. The fourth-order valence-corrected chi connectivity index (χ4v) is 1.58. The number of hydrogen-bond donors (Lipinski definition) is 2. The van der Waals surface area contributed by atoms with Crippen LogP contribution < -0.4 is 5.73 Å². The summed E-state index contributed by atoms with van der Waals surface area (Å²) in [6.45, 7) is 0.377. The smallest absolute Gasteiger partial charge is 0.165 e. The second-order valence-electron chi connectivity index (χ2n) is 2.28. The Hall–Kier alpha value is -1.20. The van der Waals surface area contributed by atoms with E-state index in [0.717, 1.165) is 10.7 Å². The largest absolute Gasteiger partial charge is 0.324 e. The molecule has 62 valence electrons. The van der Waals surface area contributed by atoms with Crippen molar-refractivity contribution in [3.63, 3.8) is 0 Å². The van der Waals surface area contributed by atoms with E-state index in [1.54, 1.807) is 11.3 Å². The van der Waals surface area contributed by atoms with Gasteiger partial charge in [-0.05, 0) is 11.4 Å². The Morgan fingerprint density at radius 3 is 3.08 bits per heavy atom. The Morgan fingerprint density at radius 1 is 1.58 bits per heavy atom. The van der Waals surface area contributed by atoms with E-state index in [0.29, 0.717) is 12.4 Å². The van der Waals surface area contributed by atoms with Crippen LogP contribution >= 0.6 is 11.3 Å². The molecule has 2 heterocycles. The highest BCUT2D eigenvalue weighted by Gasteiger charge is 2.03. The molecular formula is C7H8N4S. The monoisotopic (exact) mass is 180 g/mol. The average Bonchev–Trinajstić information content (AvgIpc) is 2.75. The molecule has 12 heavy (non-hydrogen) atoms. The zero-order chi connectivity index (χ0) is 8.39. The predicted molar refractivity (Wildman–Crippen MR) is 47.6 cm³/mol. The van der Waals surface area contributed by atoms with Crippen LogP contribution in [0.3, 0.4) is 0 Å². The zero-order valence-corrected chi connectivity index (χ0v) is 7.14. The highest BCUT2D eigenvalue weighted by molar-refractivity contribution is 7.13. The summed E-state index contributed by atoms with van der Waals surface area (Å²) in [6, 6.07) is 3.97. The highest BCUT2D eigenvalue weighted by Crippen LogP contribution is 2.19. The molecule has 0 radical (unpaired) electrons. The Bertz CT molecular complexity index is 351. The lowest BCUT2D eigenvalue weighted by Gasteiger charge is -1.84. The predicted octanol–water partition coefficient (Wildman–Crippen LogP) is 0.992. The van der Waals surface area contributed by atoms with Crippen LogP contribution in [-0.2, 0) is 6.54 Å². The maximum absolute atomic E-state index is 5.37. The second-order valence-corrected chi connectivity index (χ2v) is 3.23. The molecule has 0 atom stereocenters. The molecule has 0 aliphatic rings. The van der Waals surface area contributed by atoms with E-state index in [1.165, 1.54) is 0 Å². The van der Waals surface area contributed by atoms with Crippen LogP contribution in [0.5, 0.6) is 0 Å². The number of nitrogens with zero attached hydrogens (tertiary/aromatic N) is 2. The molecule has 0 aliphatic heterocycles. The van der Waals surface area contributed by atoms with Gasteiger partial charge in [0.15, 0.2) is 11.6 Å². The summed E-state index contributed by atoms with van der Waals surface area (Å²) in [7, 11) is 0. The van der Waals surface area contributed by atoms with Gasteiger partial charge in [-0.3, -0.25) is 5.10 Å². The Morgan fingerprint density at radius 2 is 2.50 bits per heavy atom. The number of rotatable bonds is 2. The van der Waals surface area contributed by atoms with Gasteiger partial charge in [0.05, 0.1) is 11.4 Å². The third-order valence-electron chi connectivity index (χ3n) is 1.47. The first-order valence-electron chi connectivity index (χ1n) is 3.55. The molecule has 2 aromatic heterocycles. The van der Waals surface area contributed by atoms with Crippen LogP contribution in [0.2, 0.25) is 0 Å². The molecule has 0 fully saturated rings. The first-order chi connectivity index (χ1) is 5.90. The van der Waals surface area contributed by atoms with Gasteiger partial charge >= 0.3 is 0 Å². The molecule has 2 rings (SSSR count). The van der Waals surface area contributed by atoms with Gasteiger partial charge in [-0.2, -0.15) is 5.10 Å². The lowest BCUT2D eigenvalue weighted by atomic mass is 10.4. The molecule has 0 amide bonds. The number of aromatic amines is 1. The van der Waals surface area contributed by atoms with Crippen molar-refractivity contribution in [2.24, 2.45) is 5.73 Å². The van der Waals surface area contributed by atoms with Crippen LogP contribution in [0.1, 0.15) is 5.82 Å². The number of H-pyrrole nitrogens is 1. The summed E-state index contributed by atoms with van der Waals surface area (Å²) in [4.78, 5) is 5.28. The van der Waals surface area contributed by atoms with Crippen LogP contribution in [-0.4, -0.2) is 15.2 Å². The Kier molecular flexibility index (Phi) is 1.89. The fraction of sp³-hybridized carbons (Fsp3) is 0.143. The van der Waals surface area contributed by atoms with Gasteiger partial charge in [0, 0.05) is 0 Å². The van der Waals surface area contributed by atoms with E-state index in [1.807, 2.05) is 17.5 Å². The summed E-state index contributed by atoms with van der Waals surface area (Å²) in [5, 5.41) is 8.76. The minimum atomic E-state index is 0.377. The van der Waals surface area contributed by atoms with Gasteiger partial charge in [-0.15, -0.1) is 11.3 Å². The van der Waals surface area contributed by atoms with E-state index in [4.69, 9.17) is 5.73 Å². The minimum absolute atomic E-state index is 0.377. The number of hydrogen-bond acceptors (Lipinski definition) is 4. The van der Waals surface area contributed by atoms with Crippen molar-refractivity contribution in [2.75, 3.05) is 0 Å². The number of nitrogens with one attached hydrogen (secondary N) is 1. The molecule has 3 N–H and O–H groups in total. The highest BCUT2D eigenvalue weighted by atomic mass is 32.1. The molecule has 0 aliphatic carbocycles. The summed E-state index contributed by atoms with van der Waals surface area (Å²) >= 11 is 1.63. The third kappa shape index (κ3) is 1.24. The van der Waals surface area contributed by atoms with Gasteiger partial charge in [0.1, 0.15) is 0 Å². The van der Waals surface area contributed by atoms with E-state index < -0.39 is 0 Å². The summed E-state index contributed by atoms with van der Waals surface area (Å²) < 4.78 is 0. The van der Waals surface area contributed by atoms with Crippen molar-refractivity contribution in [2.45, 2.75) is 6.54 Å². The van der Waals surface area contributed by atoms with Gasteiger partial charge in [0.2, 0.25) is 0 Å². The first kappa shape index (κ1) is 7.45. The van der Waals surface area contributed by atoms with Crippen molar-refractivity contribution in [3.8, 4) is 10.7 Å². The number of thiophene rings is 1. The standard InChI is InChI=1S/C7H8N4S/c8-4-6-9-7(11-10-6)5-2-1-3-12-5/h1-3H,4,8H2,(H,9,10,11). The quantitative estimate of drug-likeness (QED) is 0.724. The van der Waals surface area contributed by atoms with Crippen LogP contribution in [0.25, 0.3) is 10.7 Å². The summed E-state index contributed by atoms with van der Waals surface area (Å²) in [5.41, 5.74) is 5.37. The van der Waals surface area contributed by atoms with E-state index >= 15 is 0 Å². The maximum Gasteiger partial charge on any atom is 0.165 e. The molecule has 0 saturated carbocycles. The van der Waals surface area contributed by atoms with Gasteiger partial charge in [-0.1, -0.05) is 6.07 Å². The first-order valence-corrected chi connectivity index (χ1v) is 4.43. The molecule has 2 aromatic rings. The SMILES string of the molecule is NCc1n[nH]c(-c2cccs2)n1. The van der Waals surface area contributed by atoms with Crippen LogP contribution in [0.15, 0.2) is 17.5 Å². The van der Waals surface area contributed by atoms with Gasteiger partial charge in [-0.25, -0.2) is 4.98 Å². The van der Waals surface area contributed by atoms with E-state index in [-0.39, 0.29) is 0 Å². The summed E-state index contributed by atoms with van der Waals surface area (Å²) in [6.07, 6.45) is 0. The molecule has 0 aromatic carbocycles. The Labute approximate surface area is 73.5 Å². The number of nitrogens with two attached hydrogens (primary N) is 1. The molecular weight excluding hydrogens is 172 g/mol. The maximum atomic E-state index is 5.37. The minimum Gasteiger partial charge on any atom is -0.324 e. The van der Waals surface area contributed by atoms with Crippen molar-refractivity contribution in [3.05, 3.63) is 23.3 Å². The molecule has 4 nitrogen and oxygen atoms in total. The topological polar surface area (TPSA) is 67.6 Å². The van der Waals surface area contributed by atoms with Gasteiger partial charge in [0.25, 0.3) is 0 Å². The van der Waals surface area contributed by atoms with Gasteiger partial charge < -0.3 is 5.73 Å². The zero-order valence-electron chi connectivity index (χ0n) is 6.32. The van der Waals surface area contributed by atoms with Crippen LogP contribution in [0.4, 0.5) is 0 Å². The molecule has 5 heteroatoms. The summed E-state index contributed by atoms with van der Waals surface area (Å²) in [5.74, 6) is 1.45. The van der Waals surface area contributed by atoms with Crippen molar-refractivity contribution < 1.29 is 0 Å². The third-order valence-corrected chi connectivity index (χ3v) is 2.35. The van der Waals surface area contributed by atoms with Crippen molar-refractivity contribution in [1.29, 1.82) is 0 Å². The second kappa shape index (κ2) is 3.04. The lowest BCUT2D eigenvalue weighted by Crippen LogP contribution is -1.97. The average molecular weight is 180 g/mol. The Balaban J connectivity index is 2.35. The number of aromatic nitrogens is 3. The van der Waals surface area contributed by atoms with E-state index in [9.17, 15) is 0 Å². The lowest BCUT2D eigenvalue weighted by molar-refractivity contribution is 0.917. The fourth-order valence-electron chi connectivity index (χ4n) is 0.911. The molecule has 0 saturated heterocycles. The van der Waals surface area contributed by atoms with Crippen LogP contribution in [0, 0.1) is 0 Å². The van der Waals surface area contributed by atoms with E-state index in [2.05, 4.69) is 15.2 Å². The molecule has 0 bridgehead atoms. The normalized spacial score (nSPS) is 10.4. The molecule has 0 spiro atoms. The van der Waals surface area contributed by atoms with Crippen molar-refractivity contribution in [1.82, 2.24) is 15.2 Å². The van der Waals surface area contributed by atoms with Crippen molar-refractivity contribution >= 4 is 11.3 Å².